The predicted octanol–water partition coefficient (Wildman–Crippen LogP) is 2.28. The molecule has 1 heterocycles. The lowest BCUT2D eigenvalue weighted by Gasteiger charge is -2.10. The molecule has 0 saturated carbocycles. The average molecular weight is 143 g/mol. The van der Waals surface area contributed by atoms with Crippen molar-refractivity contribution in [1.29, 1.82) is 0 Å². The molecule has 1 aliphatic heterocycles. The minimum Gasteiger partial charge on any atom is -0.316 e. The summed E-state index contributed by atoms with van der Waals surface area (Å²) in [5.41, 5.74) is 0. The monoisotopic (exact) mass is 143 g/mol. The minimum atomic E-state index is 0.880. The van der Waals surface area contributed by atoms with E-state index in [9.17, 15) is 0 Å². The summed E-state index contributed by atoms with van der Waals surface area (Å²) >= 11 is 0. The van der Waals surface area contributed by atoms with E-state index in [2.05, 4.69) is 19.2 Å². The normalized spacial score (nSPS) is 24.3. The fourth-order valence-corrected chi connectivity index (χ4v) is 1.25. The molecule has 0 radical (unpaired) electrons. The SMILES string of the molecule is CC.CC(C)C1CCNC1. The predicted molar refractivity (Wildman–Crippen MR) is 47.2 cm³/mol. The van der Waals surface area contributed by atoms with Crippen LogP contribution in [0.5, 0.6) is 0 Å². The molecule has 0 spiro atoms. The molecule has 1 unspecified atom stereocenters. The second kappa shape index (κ2) is 5.72. The van der Waals surface area contributed by atoms with Crippen LogP contribution < -0.4 is 5.32 Å². The Hall–Kier alpha value is -0.0400. The summed E-state index contributed by atoms with van der Waals surface area (Å²) in [5.74, 6) is 1.83. The maximum Gasteiger partial charge on any atom is -0.00176 e. The average Bonchev–Trinajstić information content (AvgIpc) is 2.42. The summed E-state index contributed by atoms with van der Waals surface area (Å²) in [7, 11) is 0. The molecule has 1 fully saturated rings. The van der Waals surface area contributed by atoms with E-state index in [-0.39, 0.29) is 0 Å². The maximum atomic E-state index is 3.35. The van der Waals surface area contributed by atoms with Crippen LogP contribution in [-0.2, 0) is 0 Å². The number of hydrogen-bond acceptors (Lipinski definition) is 1. The third-order valence-corrected chi connectivity index (χ3v) is 2.04. The van der Waals surface area contributed by atoms with E-state index in [1.807, 2.05) is 13.8 Å². The molecule has 1 atom stereocenters. The van der Waals surface area contributed by atoms with Gasteiger partial charge >= 0.3 is 0 Å². The van der Waals surface area contributed by atoms with Gasteiger partial charge in [0.2, 0.25) is 0 Å². The minimum absolute atomic E-state index is 0.880. The highest BCUT2D eigenvalue weighted by Gasteiger charge is 2.16. The molecule has 10 heavy (non-hydrogen) atoms. The van der Waals surface area contributed by atoms with Crippen molar-refractivity contribution in [3.63, 3.8) is 0 Å². The summed E-state index contributed by atoms with van der Waals surface area (Å²) in [5, 5.41) is 3.35. The first kappa shape index (κ1) is 9.96. The van der Waals surface area contributed by atoms with E-state index in [0.29, 0.717) is 0 Å². The fraction of sp³-hybridized carbons (Fsp3) is 1.00. The zero-order valence-electron chi connectivity index (χ0n) is 7.78. The van der Waals surface area contributed by atoms with Gasteiger partial charge in [-0.05, 0) is 31.3 Å². The van der Waals surface area contributed by atoms with Crippen molar-refractivity contribution in [2.45, 2.75) is 34.1 Å². The number of rotatable bonds is 1. The number of nitrogens with one attached hydrogen (secondary N) is 1. The van der Waals surface area contributed by atoms with Crippen LogP contribution in [0.2, 0.25) is 0 Å². The Kier molecular flexibility index (Phi) is 5.70. The largest absolute Gasteiger partial charge is 0.316 e. The third kappa shape index (κ3) is 3.21. The maximum absolute atomic E-state index is 3.35. The van der Waals surface area contributed by atoms with Crippen LogP contribution in [0.1, 0.15) is 34.1 Å². The van der Waals surface area contributed by atoms with Crippen LogP contribution in [0.4, 0.5) is 0 Å². The summed E-state index contributed by atoms with van der Waals surface area (Å²) in [6.45, 7) is 11.1. The number of hydrogen-bond donors (Lipinski definition) is 1. The lowest BCUT2D eigenvalue weighted by Crippen LogP contribution is -2.12. The van der Waals surface area contributed by atoms with E-state index >= 15 is 0 Å². The molecule has 0 aromatic carbocycles. The van der Waals surface area contributed by atoms with Gasteiger partial charge < -0.3 is 5.32 Å². The highest BCUT2D eigenvalue weighted by Crippen LogP contribution is 2.16. The standard InChI is InChI=1S/C7H15N.C2H6/c1-6(2)7-3-4-8-5-7;1-2/h6-8H,3-5H2,1-2H3;1-2H3. The summed E-state index contributed by atoms with van der Waals surface area (Å²) in [6.07, 6.45) is 1.39. The van der Waals surface area contributed by atoms with Crippen molar-refractivity contribution in [1.82, 2.24) is 5.32 Å². The highest BCUT2D eigenvalue weighted by atomic mass is 14.9. The van der Waals surface area contributed by atoms with Crippen molar-refractivity contribution in [3.8, 4) is 0 Å². The first-order valence-corrected chi connectivity index (χ1v) is 4.51. The van der Waals surface area contributed by atoms with Gasteiger partial charge in [-0.2, -0.15) is 0 Å². The molecule has 62 valence electrons. The van der Waals surface area contributed by atoms with Crippen LogP contribution in [0, 0.1) is 11.8 Å². The van der Waals surface area contributed by atoms with Crippen molar-refractivity contribution in [3.05, 3.63) is 0 Å². The van der Waals surface area contributed by atoms with Gasteiger partial charge in [0.15, 0.2) is 0 Å². The molecule has 0 amide bonds. The van der Waals surface area contributed by atoms with E-state index in [0.717, 1.165) is 11.8 Å². The van der Waals surface area contributed by atoms with Gasteiger partial charge in [-0.1, -0.05) is 27.7 Å². The van der Waals surface area contributed by atoms with Gasteiger partial charge in [-0.15, -0.1) is 0 Å². The van der Waals surface area contributed by atoms with Gasteiger partial charge in [0.25, 0.3) is 0 Å². The van der Waals surface area contributed by atoms with Crippen molar-refractivity contribution < 1.29 is 0 Å². The molecule has 0 aromatic heterocycles. The lowest BCUT2D eigenvalue weighted by molar-refractivity contribution is 0.419. The Morgan fingerprint density at radius 1 is 1.30 bits per heavy atom. The van der Waals surface area contributed by atoms with Gasteiger partial charge in [-0.3, -0.25) is 0 Å². The Bertz CT molecular complexity index is 63.1. The third-order valence-electron chi connectivity index (χ3n) is 2.04. The van der Waals surface area contributed by atoms with E-state index < -0.39 is 0 Å². The Labute approximate surface area is 65.2 Å². The fourth-order valence-electron chi connectivity index (χ4n) is 1.25. The van der Waals surface area contributed by atoms with Gasteiger partial charge in [0.05, 0.1) is 0 Å². The van der Waals surface area contributed by atoms with Gasteiger partial charge in [-0.25, -0.2) is 0 Å². The zero-order valence-corrected chi connectivity index (χ0v) is 7.78. The smallest absolute Gasteiger partial charge is 0.00176 e. The van der Waals surface area contributed by atoms with Crippen molar-refractivity contribution >= 4 is 0 Å². The van der Waals surface area contributed by atoms with Gasteiger partial charge in [0.1, 0.15) is 0 Å². The molecule has 0 aliphatic carbocycles. The molecule has 0 bridgehead atoms. The molecule has 1 saturated heterocycles. The van der Waals surface area contributed by atoms with Crippen LogP contribution in [-0.4, -0.2) is 13.1 Å². The Morgan fingerprint density at radius 2 is 1.90 bits per heavy atom. The van der Waals surface area contributed by atoms with Crippen LogP contribution >= 0.6 is 0 Å². The van der Waals surface area contributed by atoms with Gasteiger partial charge in [0, 0.05) is 0 Å². The molecular formula is C9H21N. The Balaban J connectivity index is 0.000000371. The lowest BCUT2D eigenvalue weighted by atomic mass is 9.96. The summed E-state index contributed by atoms with van der Waals surface area (Å²) < 4.78 is 0. The zero-order chi connectivity index (χ0) is 7.98. The van der Waals surface area contributed by atoms with Crippen LogP contribution in [0.3, 0.4) is 0 Å². The quantitative estimate of drug-likeness (QED) is 0.594. The molecule has 1 heteroatoms. The molecule has 1 N–H and O–H groups in total. The molecule has 0 aromatic rings. The molecular weight excluding hydrogens is 122 g/mol. The summed E-state index contributed by atoms with van der Waals surface area (Å²) in [6, 6.07) is 0. The molecule has 1 nitrogen and oxygen atoms in total. The second-order valence-electron chi connectivity index (χ2n) is 3.00. The summed E-state index contributed by atoms with van der Waals surface area (Å²) in [4.78, 5) is 0. The molecule has 1 aliphatic rings. The van der Waals surface area contributed by atoms with Crippen LogP contribution in [0.15, 0.2) is 0 Å². The van der Waals surface area contributed by atoms with Crippen molar-refractivity contribution in [2.75, 3.05) is 13.1 Å². The van der Waals surface area contributed by atoms with E-state index in [4.69, 9.17) is 0 Å². The van der Waals surface area contributed by atoms with Crippen LogP contribution in [0.25, 0.3) is 0 Å². The Morgan fingerprint density at radius 3 is 2.10 bits per heavy atom. The van der Waals surface area contributed by atoms with Crippen molar-refractivity contribution in [2.24, 2.45) is 11.8 Å². The topological polar surface area (TPSA) is 12.0 Å². The second-order valence-corrected chi connectivity index (χ2v) is 3.00. The van der Waals surface area contributed by atoms with E-state index in [1.54, 1.807) is 0 Å². The van der Waals surface area contributed by atoms with E-state index in [1.165, 1.54) is 19.5 Å². The highest BCUT2D eigenvalue weighted by molar-refractivity contribution is 4.72. The first-order valence-electron chi connectivity index (χ1n) is 4.51. The first-order chi connectivity index (χ1) is 4.80. The molecule has 1 rings (SSSR count).